The highest BCUT2D eigenvalue weighted by atomic mass is 28.3. The van der Waals surface area contributed by atoms with E-state index in [0.29, 0.717) is 31.2 Å². The highest BCUT2D eigenvalue weighted by molar-refractivity contribution is 6.76. The molecule has 0 aromatic carbocycles. The van der Waals surface area contributed by atoms with Gasteiger partial charge >= 0.3 is 6.18 Å². The molecule has 3 N–H and O–H groups in total. The van der Waals surface area contributed by atoms with Gasteiger partial charge in [-0.15, -0.1) is 0 Å². The van der Waals surface area contributed by atoms with Crippen LogP contribution in [0.5, 0.6) is 0 Å². The number of allylic oxidation sites excluding steroid dienone is 5. The fraction of sp³-hybridized carbons (Fsp3) is 0.778. The third-order valence-electron chi connectivity index (χ3n) is 8.23. The van der Waals surface area contributed by atoms with Gasteiger partial charge in [-0.05, 0) is 56.6 Å². The number of ether oxygens (including phenoxy) is 1. The van der Waals surface area contributed by atoms with Crippen molar-refractivity contribution >= 4 is 8.07 Å². The van der Waals surface area contributed by atoms with Crippen molar-refractivity contribution in [2.24, 2.45) is 17.8 Å². The van der Waals surface area contributed by atoms with Gasteiger partial charge in [0.2, 0.25) is 0 Å². The Bertz CT molecular complexity index is 839. The molecule has 204 valence electrons. The van der Waals surface area contributed by atoms with E-state index in [-0.39, 0.29) is 18.6 Å². The van der Waals surface area contributed by atoms with Crippen LogP contribution in [0.25, 0.3) is 0 Å². The topological polar surface area (TPSA) is 56.8 Å². The van der Waals surface area contributed by atoms with E-state index < -0.39 is 32.5 Å². The minimum atomic E-state index is -4.33. The summed E-state index contributed by atoms with van der Waals surface area (Å²) in [7, 11) is -1.33. The van der Waals surface area contributed by atoms with Crippen LogP contribution >= 0.6 is 0 Å². The zero-order valence-electron chi connectivity index (χ0n) is 22.0. The Morgan fingerprint density at radius 2 is 1.97 bits per heavy atom. The van der Waals surface area contributed by atoms with Crippen molar-refractivity contribution in [3.63, 3.8) is 0 Å². The number of hydrogen-bond donors (Lipinski definition) is 3. The minimum Gasteiger partial charge on any atom is -0.513 e. The maximum Gasteiger partial charge on any atom is 0.405 e. The second kappa shape index (κ2) is 11.6. The lowest BCUT2D eigenvalue weighted by Crippen LogP contribution is -2.53. The average molecular weight is 528 g/mol. The zero-order valence-corrected chi connectivity index (χ0v) is 23.0. The molecule has 0 radical (unpaired) electrons. The lowest BCUT2D eigenvalue weighted by Gasteiger charge is -2.37. The maximum absolute atomic E-state index is 14.6. The van der Waals surface area contributed by atoms with E-state index in [9.17, 15) is 18.3 Å². The summed E-state index contributed by atoms with van der Waals surface area (Å²) >= 11 is 0. The van der Waals surface area contributed by atoms with E-state index in [1.165, 1.54) is 5.70 Å². The summed E-state index contributed by atoms with van der Waals surface area (Å²) in [6.45, 7) is 7.90. The second-order valence-electron chi connectivity index (χ2n) is 12.2. The highest BCUT2D eigenvalue weighted by Gasteiger charge is 2.57. The first kappa shape index (κ1) is 27.7. The first-order valence-corrected chi connectivity index (χ1v) is 17.4. The summed E-state index contributed by atoms with van der Waals surface area (Å²) in [4.78, 5) is 1.57. The Morgan fingerprint density at radius 1 is 1.17 bits per heavy atom. The largest absolute Gasteiger partial charge is 0.513 e. The Balaban J connectivity index is 1.51. The lowest BCUT2D eigenvalue weighted by atomic mass is 9.85. The molecule has 4 aliphatic rings. The van der Waals surface area contributed by atoms with Crippen molar-refractivity contribution in [3.8, 4) is 0 Å². The number of aliphatic hydroxyl groups is 1. The smallest absolute Gasteiger partial charge is 0.405 e. The van der Waals surface area contributed by atoms with Gasteiger partial charge in [0.15, 0.2) is 0 Å². The monoisotopic (exact) mass is 527 g/mol. The third-order valence-corrected chi connectivity index (χ3v) is 9.93. The van der Waals surface area contributed by atoms with Crippen molar-refractivity contribution < 1.29 is 23.0 Å². The molecular weight excluding hydrogens is 483 g/mol. The SMILES string of the molecule is C[Si](C)(C)CCOCN1C(C2CC=C([C@@H]3CC=C(O)CC3)NC2)NC(C2C=CCCC2)C1C(F)(F)F. The fourth-order valence-corrected chi connectivity index (χ4v) is 6.86. The Morgan fingerprint density at radius 3 is 2.56 bits per heavy atom. The van der Waals surface area contributed by atoms with Crippen LogP contribution < -0.4 is 10.6 Å². The molecule has 36 heavy (non-hydrogen) atoms. The van der Waals surface area contributed by atoms with Crippen LogP contribution in [0.1, 0.15) is 44.9 Å². The minimum absolute atomic E-state index is 0.000967. The summed E-state index contributed by atoms with van der Waals surface area (Å²) in [5, 5.41) is 16.7. The molecule has 2 aliphatic carbocycles. The fourth-order valence-electron chi connectivity index (χ4n) is 6.10. The molecule has 0 aromatic heterocycles. The molecule has 0 saturated carbocycles. The van der Waals surface area contributed by atoms with E-state index in [0.717, 1.165) is 44.6 Å². The molecule has 1 fully saturated rings. The van der Waals surface area contributed by atoms with Crippen LogP contribution in [0.4, 0.5) is 13.2 Å². The number of alkyl halides is 3. The number of nitrogens with zero attached hydrogens (tertiary/aromatic N) is 1. The van der Waals surface area contributed by atoms with Gasteiger partial charge in [0.05, 0.1) is 11.9 Å². The first-order valence-electron chi connectivity index (χ1n) is 13.7. The van der Waals surface area contributed by atoms with E-state index in [4.69, 9.17) is 4.74 Å². The van der Waals surface area contributed by atoms with Crippen LogP contribution in [0.3, 0.4) is 0 Å². The molecule has 1 saturated heterocycles. The molecule has 5 nitrogen and oxygen atoms in total. The Kier molecular flexibility index (Phi) is 8.95. The van der Waals surface area contributed by atoms with Crippen LogP contribution in [-0.2, 0) is 4.74 Å². The number of nitrogens with one attached hydrogen (secondary N) is 2. The van der Waals surface area contributed by atoms with Crippen LogP contribution in [0, 0.1) is 17.8 Å². The zero-order chi connectivity index (χ0) is 25.9. The summed E-state index contributed by atoms with van der Waals surface area (Å²) in [5.74, 6) is 0.706. The molecule has 9 heteroatoms. The van der Waals surface area contributed by atoms with Gasteiger partial charge in [0.1, 0.15) is 12.8 Å². The standard InChI is InChI=1S/C27H44F3N3O2Si/c1-36(2,3)16-15-35-18-33-25(27(28,29)30)24(20-7-5-4-6-8-20)32-26(33)21-11-14-23(31-17-21)19-9-12-22(34)13-10-19/h5,7,12,14,19-21,24-26,31-32,34H,4,6,8-11,13,15-18H2,1-3H3/t19-,20?,21?,24?,25?,26?/m1/s1. The van der Waals surface area contributed by atoms with Gasteiger partial charge < -0.3 is 15.2 Å². The van der Waals surface area contributed by atoms with Crippen molar-refractivity contribution in [2.45, 2.75) is 95.1 Å². The Hall–Kier alpha value is -1.29. The number of halogens is 3. The molecule has 0 amide bonds. The summed E-state index contributed by atoms with van der Waals surface area (Å²) in [6, 6.07) is -1.28. The molecule has 4 rings (SSSR count). The molecule has 0 bridgehead atoms. The summed E-state index contributed by atoms with van der Waals surface area (Å²) in [5.41, 5.74) is 1.17. The quantitative estimate of drug-likeness (QED) is 0.208. The lowest BCUT2D eigenvalue weighted by molar-refractivity contribution is -0.197. The summed E-state index contributed by atoms with van der Waals surface area (Å²) in [6.07, 6.45) is 9.15. The normalized spacial score (nSPS) is 34.3. The first-order chi connectivity index (χ1) is 17.0. The predicted molar refractivity (Wildman–Crippen MR) is 140 cm³/mol. The second-order valence-corrected chi connectivity index (χ2v) is 17.8. The van der Waals surface area contributed by atoms with Gasteiger partial charge in [-0.2, -0.15) is 13.2 Å². The van der Waals surface area contributed by atoms with Crippen LogP contribution in [-0.4, -0.2) is 62.4 Å². The molecule has 5 unspecified atom stereocenters. The van der Waals surface area contributed by atoms with Gasteiger partial charge in [-0.25, -0.2) is 0 Å². The van der Waals surface area contributed by atoms with E-state index >= 15 is 0 Å². The van der Waals surface area contributed by atoms with Gasteiger partial charge in [0.25, 0.3) is 0 Å². The van der Waals surface area contributed by atoms with Crippen LogP contribution in [0.15, 0.2) is 35.8 Å². The van der Waals surface area contributed by atoms with Gasteiger partial charge in [-0.3, -0.25) is 10.2 Å². The molecule has 2 heterocycles. The number of aliphatic hydroxyl groups excluding tert-OH is 1. The molecule has 2 aliphatic heterocycles. The van der Waals surface area contributed by atoms with E-state index in [1.807, 2.05) is 18.2 Å². The van der Waals surface area contributed by atoms with Crippen LogP contribution in [0.2, 0.25) is 25.7 Å². The maximum atomic E-state index is 14.6. The molecular formula is C27H44F3N3O2Si. The van der Waals surface area contributed by atoms with Gasteiger partial charge in [-0.1, -0.05) is 37.9 Å². The molecule has 6 atom stereocenters. The molecule has 0 aromatic rings. The highest BCUT2D eigenvalue weighted by Crippen LogP contribution is 2.40. The van der Waals surface area contributed by atoms with Gasteiger partial charge in [0, 0.05) is 51.2 Å². The molecule has 0 spiro atoms. The third kappa shape index (κ3) is 6.97. The predicted octanol–water partition coefficient (Wildman–Crippen LogP) is 5.92. The van der Waals surface area contributed by atoms with E-state index in [2.05, 4.69) is 36.4 Å². The van der Waals surface area contributed by atoms with Crippen molar-refractivity contribution in [1.29, 1.82) is 0 Å². The Labute approximate surface area is 215 Å². The van der Waals surface area contributed by atoms with E-state index in [1.54, 1.807) is 4.90 Å². The van der Waals surface area contributed by atoms with Crippen molar-refractivity contribution in [1.82, 2.24) is 15.5 Å². The average Bonchev–Trinajstić information content (AvgIpc) is 3.23. The number of rotatable bonds is 8. The number of hydrogen-bond acceptors (Lipinski definition) is 5. The van der Waals surface area contributed by atoms with Crippen molar-refractivity contribution in [3.05, 3.63) is 35.8 Å². The van der Waals surface area contributed by atoms with Crippen molar-refractivity contribution in [2.75, 3.05) is 19.9 Å². The summed E-state index contributed by atoms with van der Waals surface area (Å²) < 4.78 is 49.7.